The summed E-state index contributed by atoms with van der Waals surface area (Å²) >= 11 is 5.21. The van der Waals surface area contributed by atoms with Gasteiger partial charge in [0.05, 0.1) is 6.54 Å². The molecule has 3 rings (SSSR count). The van der Waals surface area contributed by atoms with Crippen LogP contribution < -0.4 is 10.6 Å². The van der Waals surface area contributed by atoms with Crippen molar-refractivity contribution in [3.05, 3.63) is 45.9 Å². The first-order valence-electron chi connectivity index (χ1n) is 7.17. The van der Waals surface area contributed by atoms with Crippen LogP contribution in [0.4, 0.5) is 5.13 Å². The van der Waals surface area contributed by atoms with Crippen molar-refractivity contribution >= 4 is 38.4 Å². The quantitative estimate of drug-likeness (QED) is 0.657. The van der Waals surface area contributed by atoms with Gasteiger partial charge < -0.3 is 15.5 Å². The van der Waals surface area contributed by atoms with Crippen molar-refractivity contribution in [3.63, 3.8) is 0 Å². The molecule has 2 heterocycles. The Bertz CT molecular complexity index is 635. The minimum atomic E-state index is 0.597. The molecule has 22 heavy (non-hydrogen) atoms. The fourth-order valence-electron chi connectivity index (χ4n) is 2.39. The van der Waals surface area contributed by atoms with Crippen LogP contribution >= 0.6 is 27.3 Å². The summed E-state index contributed by atoms with van der Waals surface area (Å²) in [4.78, 5) is 13.3. The van der Waals surface area contributed by atoms with E-state index in [0.717, 1.165) is 41.3 Å². The fraction of sp³-hybridized carbons (Fsp3) is 0.333. The minimum Gasteiger partial charge on any atom is -0.370 e. The monoisotopic (exact) mass is 379 g/mol. The van der Waals surface area contributed by atoms with Gasteiger partial charge in [0.2, 0.25) is 0 Å². The van der Waals surface area contributed by atoms with Gasteiger partial charge in [-0.3, -0.25) is 0 Å². The first-order valence-corrected chi connectivity index (χ1v) is 8.84. The number of thiazole rings is 1. The highest BCUT2D eigenvalue weighted by atomic mass is 79.9. The Kier molecular flexibility index (Phi) is 4.94. The molecule has 1 aliphatic heterocycles. The van der Waals surface area contributed by atoms with Crippen LogP contribution in [-0.2, 0) is 6.54 Å². The summed E-state index contributed by atoms with van der Waals surface area (Å²) < 4.78 is 1.07. The predicted octanol–water partition coefficient (Wildman–Crippen LogP) is 2.54. The van der Waals surface area contributed by atoms with Crippen LogP contribution in [0.25, 0.3) is 0 Å². The highest BCUT2D eigenvalue weighted by molar-refractivity contribution is 9.10. The van der Waals surface area contributed by atoms with Gasteiger partial charge in [0.25, 0.3) is 0 Å². The lowest BCUT2D eigenvalue weighted by molar-refractivity contribution is 0.380. The van der Waals surface area contributed by atoms with Crippen LogP contribution in [0.1, 0.15) is 5.56 Å². The minimum absolute atomic E-state index is 0.597. The number of piperazine rings is 1. The lowest BCUT2D eigenvalue weighted by Crippen LogP contribution is -2.51. The van der Waals surface area contributed by atoms with Crippen molar-refractivity contribution in [3.8, 4) is 0 Å². The Morgan fingerprint density at radius 1 is 1.27 bits per heavy atom. The number of nitrogens with zero attached hydrogens (tertiary/aromatic N) is 4. The molecule has 5 nitrogen and oxygen atoms in total. The maximum absolute atomic E-state index is 6.14. The third-order valence-electron chi connectivity index (χ3n) is 3.66. The van der Waals surface area contributed by atoms with E-state index in [4.69, 9.17) is 5.73 Å². The zero-order chi connectivity index (χ0) is 15.4. The number of rotatable bonds is 3. The fourth-order valence-corrected chi connectivity index (χ4v) is 3.50. The summed E-state index contributed by atoms with van der Waals surface area (Å²) in [6, 6.07) is 8.09. The third kappa shape index (κ3) is 3.59. The van der Waals surface area contributed by atoms with Gasteiger partial charge in [-0.15, -0.1) is 11.3 Å². The van der Waals surface area contributed by atoms with Gasteiger partial charge in [0.15, 0.2) is 11.1 Å². The molecule has 0 atom stereocenters. The highest BCUT2D eigenvalue weighted by Crippen LogP contribution is 2.19. The summed E-state index contributed by atoms with van der Waals surface area (Å²) in [6.45, 7) is 4.22. The first kappa shape index (κ1) is 15.3. The smallest absolute Gasteiger partial charge is 0.191 e. The molecular formula is C15H18BrN5S. The van der Waals surface area contributed by atoms with Crippen LogP contribution in [0.3, 0.4) is 0 Å². The number of hydrogen-bond acceptors (Lipinski definition) is 4. The molecular weight excluding hydrogens is 362 g/mol. The lowest BCUT2D eigenvalue weighted by atomic mass is 10.2. The van der Waals surface area contributed by atoms with E-state index < -0.39 is 0 Å². The van der Waals surface area contributed by atoms with Crippen molar-refractivity contribution in [2.45, 2.75) is 6.54 Å². The molecule has 0 amide bonds. The van der Waals surface area contributed by atoms with Crippen molar-refractivity contribution in [2.75, 3.05) is 31.1 Å². The van der Waals surface area contributed by atoms with E-state index in [-0.39, 0.29) is 0 Å². The molecule has 2 aromatic rings. The van der Waals surface area contributed by atoms with Gasteiger partial charge >= 0.3 is 0 Å². The molecule has 7 heteroatoms. The number of guanidine groups is 1. The third-order valence-corrected chi connectivity index (χ3v) is 5.27. The molecule has 1 aromatic heterocycles. The van der Waals surface area contributed by atoms with E-state index in [2.05, 4.69) is 41.8 Å². The zero-order valence-electron chi connectivity index (χ0n) is 12.2. The van der Waals surface area contributed by atoms with E-state index in [1.807, 2.05) is 29.8 Å². The maximum atomic E-state index is 6.14. The molecule has 0 aliphatic carbocycles. The van der Waals surface area contributed by atoms with Gasteiger partial charge in [-0.05, 0) is 11.6 Å². The molecule has 0 bridgehead atoms. The van der Waals surface area contributed by atoms with E-state index in [0.29, 0.717) is 12.5 Å². The number of benzene rings is 1. The Balaban J connectivity index is 1.56. The number of aliphatic imine (C=N–C) groups is 1. The molecule has 0 saturated carbocycles. The van der Waals surface area contributed by atoms with Crippen molar-refractivity contribution in [1.82, 2.24) is 9.88 Å². The van der Waals surface area contributed by atoms with E-state index in [9.17, 15) is 0 Å². The van der Waals surface area contributed by atoms with Crippen molar-refractivity contribution in [1.29, 1.82) is 0 Å². The molecule has 1 aromatic carbocycles. The number of anilines is 1. The molecule has 1 saturated heterocycles. The van der Waals surface area contributed by atoms with Gasteiger partial charge in [0, 0.05) is 42.2 Å². The average Bonchev–Trinajstić information content (AvgIpc) is 3.08. The van der Waals surface area contributed by atoms with Crippen LogP contribution in [0.2, 0.25) is 0 Å². The average molecular weight is 380 g/mol. The Hall–Kier alpha value is -1.60. The lowest BCUT2D eigenvalue weighted by Gasteiger charge is -2.35. The van der Waals surface area contributed by atoms with Crippen LogP contribution in [0.15, 0.2) is 45.3 Å². The van der Waals surface area contributed by atoms with Crippen LogP contribution in [0, 0.1) is 0 Å². The standard InChI is InChI=1S/C15H18BrN5S/c16-13-4-2-1-3-12(13)11-19-14(17)20-6-8-21(9-7-20)15-18-5-10-22-15/h1-5,10H,6-9,11H2,(H2,17,19). The molecule has 1 fully saturated rings. The first-order chi connectivity index (χ1) is 10.7. The van der Waals surface area contributed by atoms with Gasteiger partial charge in [-0.25, -0.2) is 9.98 Å². The Morgan fingerprint density at radius 3 is 2.73 bits per heavy atom. The largest absolute Gasteiger partial charge is 0.370 e. The molecule has 0 radical (unpaired) electrons. The molecule has 1 aliphatic rings. The SMILES string of the molecule is NC(=NCc1ccccc1Br)N1CCN(c2nccs2)CC1. The van der Waals surface area contributed by atoms with Crippen molar-refractivity contribution in [2.24, 2.45) is 10.7 Å². The van der Waals surface area contributed by atoms with Crippen LogP contribution in [0.5, 0.6) is 0 Å². The zero-order valence-corrected chi connectivity index (χ0v) is 14.6. The summed E-state index contributed by atoms with van der Waals surface area (Å²) in [5.74, 6) is 0.620. The van der Waals surface area contributed by atoms with E-state index in [1.165, 1.54) is 0 Å². The van der Waals surface area contributed by atoms with Crippen LogP contribution in [-0.4, -0.2) is 42.0 Å². The number of aromatic nitrogens is 1. The summed E-state index contributed by atoms with van der Waals surface area (Å²) in [7, 11) is 0. The van der Waals surface area contributed by atoms with Crippen molar-refractivity contribution < 1.29 is 0 Å². The van der Waals surface area contributed by atoms with Gasteiger partial charge in [-0.2, -0.15) is 0 Å². The maximum Gasteiger partial charge on any atom is 0.191 e. The molecule has 0 spiro atoms. The normalized spacial score (nSPS) is 16.1. The van der Waals surface area contributed by atoms with E-state index in [1.54, 1.807) is 11.3 Å². The highest BCUT2D eigenvalue weighted by Gasteiger charge is 2.19. The summed E-state index contributed by atoms with van der Waals surface area (Å²) in [5, 5.41) is 3.10. The topological polar surface area (TPSA) is 57.8 Å². The molecule has 0 unspecified atom stereocenters. The Labute approximate surface area is 142 Å². The second-order valence-electron chi connectivity index (χ2n) is 5.05. The molecule has 116 valence electrons. The second-order valence-corrected chi connectivity index (χ2v) is 6.78. The number of hydrogen-bond donors (Lipinski definition) is 1. The second kappa shape index (κ2) is 7.11. The van der Waals surface area contributed by atoms with Gasteiger partial charge in [0.1, 0.15) is 0 Å². The number of nitrogens with two attached hydrogens (primary N) is 1. The number of halogens is 1. The van der Waals surface area contributed by atoms with E-state index >= 15 is 0 Å². The van der Waals surface area contributed by atoms with Gasteiger partial charge in [-0.1, -0.05) is 34.1 Å². The Morgan fingerprint density at radius 2 is 2.05 bits per heavy atom. The molecule has 2 N–H and O–H groups in total. The summed E-state index contributed by atoms with van der Waals surface area (Å²) in [6.07, 6.45) is 1.85. The predicted molar refractivity (Wildman–Crippen MR) is 95.4 cm³/mol. The summed E-state index contributed by atoms with van der Waals surface area (Å²) in [5.41, 5.74) is 7.28.